The van der Waals surface area contributed by atoms with Crippen molar-refractivity contribution in [3.63, 3.8) is 0 Å². The molecule has 0 aliphatic carbocycles. The Morgan fingerprint density at radius 2 is 1.87 bits per heavy atom. The molecule has 6 amide bonds. The minimum Gasteiger partial charge on any atom is -0.369 e. The van der Waals surface area contributed by atoms with Gasteiger partial charge in [-0.1, -0.05) is 36.4 Å². The summed E-state index contributed by atoms with van der Waals surface area (Å²) in [7, 11) is 0. The lowest BCUT2D eigenvalue weighted by atomic mass is 9.79. The number of nitrogens with one attached hydrogen (secondary N) is 2. The molecule has 4 rings (SSSR count). The Labute approximate surface area is 179 Å². The molecule has 1 atom stereocenters. The lowest BCUT2D eigenvalue weighted by Gasteiger charge is -2.26. The molecular formula is C22H23N5O4. The van der Waals surface area contributed by atoms with Crippen molar-refractivity contribution in [1.82, 2.24) is 10.2 Å². The smallest absolute Gasteiger partial charge is 0.329 e. The van der Waals surface area contributed by atoms with Gasteiger partial charge in [0.15, 0.2) is 0 Å². The van der Waals surface area contributed by atoms with Crippen LogP contribution in [0.5, 0.6) is 0 Å². The molecule has 2 fully saturated rings. The zero-order valence-corrected chi connectivity index (χ0v) is 17.1. The predicted octanol–water partition coefficient (Wildman–Crippen LogP) is 1.71. The first-order valence-electron chi connectivity index (χ1n) is 9.94. The van der Waals surface area contributed by atoms with Gasteiger partial charge in [0.2, 0.25) is 5.91 Å². The highest BCUT2D eigenvalue weighted by Gasteiger charge is 2.46. The van der Waals surface area contributed by atoms with Gasteiger partial charge >= 0.3 is 12.1 Å². The van der Waals surface area contributed by atoms with Gasteiger partial charge in [-0.05, 0) is 36.6 Å². The Hall–Kier alpha value is -3.88. The Morgan fingerprint density at radius 1 is 1.13 bits per heavy atom. The van der Waals surface area contributed by atoms with Crippen LogP contribution in [0.2, 0.25) is 0 Å². The second-order valence-corrected chi connectivity index (χ2v) is 7.80. The Bertz CT molecular complexity index is 1050. The number of hydrogen-bond acceptors (Lipinski definition) is 4. The number of likely N-dealkylation sites (tertiary alicyclic amines) is 1. The molecule has 31 heavy (non-hydrogen) atoms. The topological polar surface area (TPSA) is 125 Å². The standard InChI is InChI=1S/C22H23N5O4/c1-14-7-8-16(11-17(14)27-18(28)12-24-20(27)30)25-21(31)26-10-9-22(13-26,19(23)29)15-5-3-2-4-6-15/h2-8,11H,9-10,12-13H2,1H3,(H2,23,29)(H,24,30)(H,25,31). The van der Waals surface area contributed by atoms with Crippen LogP contribution in [0.15, 0.2) is 48.5 Å². The average Bonchev–Trinajstić information content (AvgIpc) is 3.35. The van der Waals surface area contributed by atoms with Crippen LogP contribution < -0.4 is 21.3 Å². The number of anilines is 2. The summed E-state index contributed by atoms with van der Waals surface area (Å²) in [5.41, 5.74) is 7.17. The van der Waals surface area contributed by atoms with E-state index in [4.69, 9.17) is 5.73 Å². The third kappa shape index (κ3) is 3.58. The maximum absolute atomic E-state index is 12.9. The van der Waals surface area contributed by atoms with Crippen molar-refractivity contribution >= 4 is 35.3 Å². The summed E-state index contributed by atoms with van der Waals surface area (Å²) in [4.78, 5) is 51.9. The fourth-order valence-corrected chi connectivity index (χ4v) is 4.12. The van der Waals surface area contributed by atoms with Crippen molar-refractivity contribution in [2.75, 3.05) is 29.9 Å². The highest BCUT2D eigenvalue weighted by atomic mass is 16.2. The number of amides is 6. The van der Waals surface area contributed by atoms with Crippen LogP contribution in [0.3, 0.4) is 0 Å². The van der Waals surface area contributed by atoms with Crippen LogP contribution in [0.25, 0.3) is 0 Å². The molecular weight excluding hydrogens is 398 g/mol. The molecule has 0 radical (unpaired) electrons. The minimum absolute atomic E-state index is 0.0582. The monoisotopic (exact) mass is 421 g/mol. The van der Waals surface area contributed by atoms with E-state index in [2.05, 4.69) is 10.6 Å². The number of carbonyl (C=O) groups excluding carboxylic acids is 4. The fourth-order valence-electron chi connectivity index (χ4n) is 4.12. The molecule has 160 valence electrons. The van der Waals surface area contributed by atoms with Crippen LogP contribution in [0.4, 0.5) is 21.0 Å². The van der Waals surface area contributed by atoms with E-state index in [0.29, 0.717) is 24.3 Å². The molecule has 0 spiro atoms. The SMILES string of the molecule is Cc1ccc(NC(=O)N2CCC(C(N)=O)(c3ccccc3)C2)cc1N1C(=O)CNC1=O. The fraction of sp³-hybridized carbons (Fsp3) is 0.273. The molecule has 1 unspecified atom stereocenters. The van der Waals surface area contributed by atoms with Crippen LogP contribution >= 0.6 is 0 Å². The second kappa shape index (κ2) is 7.75. The van der Waals surface area contributed by atoms with Crippen LogP contribution in [0, 0.1) is 6.92 Å². The van der Waals surface area contributed by atoms with Gasteiger partial charge < -0.3 is 21.3 Å². The Kier molecular flexibility index (Phi) is 5.10. The Morgan fingerprint density at radius 3 is 2.52 bits per heavy atom. The van der Waals surface area contributed by atoms with Gasteiger partial charge in [-0.15, -0.1) is 0 Å². The van der Waals surface area contributed by atoms with E-state index in [9.17, 15) is 19.2 Å². The highest BCUT2D eigenvalue weighted by molar-refractivity contribution is 6.20. The number of rotatable bonds is 4. The van der Waals surface area contributed by atoms with Gasteiger partial charge in [0.1, 0.15) is 0 Å². The van der Waals surface area contributed by atoms with Gasteiger partial charge in [0.05, 0.1) is 17.6 Å². The van der Waals surface area contributed by atoms with Crippen molar-refractivity contribution < 1.29 is 19.2 Å². The largest absolute Gasteiger partial charge is 0.369 e. The van der Waals surface area contributed by atoms with E-state index in [0.717, 1.165) is 16.0 Å². The first-order chi connectivity index (χ1) is 14.8. The lowest BCUT2D eigenvalue weighted by molar-refractivity contribution is -0.123. The van der Waals surface area contributed by atoms with E-state index >= 15 is 0 Å². The van der Waals surface area contributed by atoms with Crippen molar-refractivity contribution in [3.05, 3.63) is 59.7 Å². The van der Waals surface area contributed by atoms with Gasteiger partial charge in [-0.2, -0.15) is 0 Å². The normalized spacial score (nSPS) is 20.7. The van der Waals surface area contributed by atoms with E-state index < -0.39 is 17.4 Å². The summed E-state index contributed by atoms with van der Waals surface area (Å²) in [6.07, 6.45) is 0.432. The third-order valence-electron chi connectivity index (χ3n) is 5.90. The van der Waals surface area contributed by atoms with Crippen molar-refractivity contribution in [2.24, 2.45) is 5.73 Å². The molecule has 0 aromatic heterocycles. The molecule has 4 N–H and O–H groups in total. The number of primary amides is 1. The van der Waals surface area contributed by atoms with Gasteiger partial charge in [-0.3, -0.25) is 9.59 Å². The highest BCUT2D eigenvalue weighted by Crippen LogP contribution is 2.35. The number of benzene rings is 2. The number of nitrogens with zero attached hydrogens (tertiary/aromatic N) is 2. The quantitative estimate of drug-likeness (QED) is 0.650. The first-order valence-corrected chi connectivity index (χ1v) is 9.94. The maximum Gasteiger partial charge on any atom is 0.329 e. The minimum atomic E-state index is -0.933. The zero-order valence-electron chi connectivity index (χ0n) is 17.1. The molecule has 2 heterocycles. The predicted molar refractivity (Wildman–Crippen MR) is 115 cm³/mol. The summed E-state index contributed by atoms with van der Waals surface area (Å²) >= 11 is 0. The van der Waals surface area contributed by atoms with Crippen molar-refractivity contribution in [3.8, 4) is 0 Å². The number of urea groups is 2. The number of aryl methyl sites for hydroxylation is 1. The number of imide groups is 1. The molecule has 2 aliphatic rings. The average molecular weight is 421 g/mol. The van der Waals surface area contributed by atoms with Crippen LogP contribution in [-0.2, 0) is 15.0 Å². The number of carbonyl (C=O) groups is 4. The van der Waals surface area contributed by atoms with E-state index in [-0.39, 0.29) is 25.0 Å². The molecule has 0 saturated carbocycles. The summed E-state index contributed by atoms with van der Waals surface area (Å²) in [5, 5.41) is 5.28. The van der Waals surface area contributed by atoms with Gasteiger partial charge in [-0.25, -0.2) is 14.5 Å². The maximum atomic E-state index is 12.9. The van der Waals surface area contributed by atoms with E-state index in [1.54, 1.807) is 30.0 Å². The van der Waals surface area contributed by atoms with Crippen LogP contribution in [-0.4, -0.2) is 48.4 Å². The molecule has 2 aromatic rings. The molecule has 2 aromatic carbocycles. The van der Waals surface area contributed by atoms with Crippen LogP contribution in [0.1, 0.15) is 17.5 Å². The second-order valence-electron chi connectivity index (χ2n) is 7.80. The molecule has 2 aliphatic heterocycles. The summed E-state index contributed by atoms with van der Waals surface area (Å²) < 4.78 is 0. The van der Waals surface area contributed by atoms with Gasteiger partial charge in [0.25, 0.3) is 5.91 Å². The lowest BCUT2D eigenvalue weighted by Crippen LogP contribution is -2.45. The summed E-state index contributed by atoms with van der Waals surface area (Å²) in [5.74, 6) is -0.824. The zero-order chi connectivity index (χ0) is 22.2. The molecule has 9 nitrogen and oxygen atoms in total. The van der Waals surface area contributed by atoms with Crippen molar-refractivity contribution in [2.45, 2.75) is 18.8 Å². The number of nitrogens with two attached hydrogens (primary N) is 1. The Balaban J connectivity index is 1.53. The molecule has 0 bridgehead atoms. The molecule has 2 saturated heterocycles. The van der Waals surface area contributed by atoms with Crippen molar-refractivity contribution in [1.29, 1.82) is 0 Å². The van der Waals surface area contributed by atoms with E-state index in [1.165, 1.54) is 0 Å². The van der Waals surface area contributed by atoms with Gasteiger partial charge in [0, 0.05) is 18.8 Å². The third-order valence-corrected chi connectivity index (χ3v) is 5.90. The first kappa shape index (κ1) is 20.4. The van der Waals surface area contributed by atoms with E-state index in [1.807, 2.05) is 30.3 Å². The number of hydrogen-bond donors (Lipinski definition) is 3. The summed E-state index contributed by atoms with van der Waals surface area (Å²) in [6.45, 7) is 2.26. The molecule has 9 heteroatoms. The summed E-state index contributed by atoms with van der Waals surface area (Å²) in [6, 6.07) is 13.4.